The molecule has 1 amide bonds. The molecule has 0 radical (unpaired) electrons. The first-order chi connectivity index (χ1) is 13.0. The van der Waals surface area contributed by atoms with Crippen LogP contribution in [0.5, 0.6) is 5.75 Å². The highest BCUT2D eigenvalue weighted by atomic mass is 16.6. The molecule has 1 N–H and O–H groups in total. The fourth-order valence-electron chi connectivity index (χ4n) is 2.18. The Morgan fingerprint density at radius 2 is 1.81 bits per heavy atom. The molecule has 0 aromatic heterocycles. The van der Waals surface area contributed by atoms with Gasteiger partial charge in [-0.2, -0.15) is 0 Å². The van der Waals surface area contributed by atoms with Crippen LogP contribution >= 0.6 is 0 Å². The monoisotopic (exact) mass is 372 g/mol. The standard InChI is InChI=1S/C19H20N2O6/c1-14-8-10-15(11-9-14)26-12-4-7-19(23)27-13-18(22)20-16-5-2-3-6-17(16)21(24)25/h2-3,5-6,8-11H,4,7,12-13H2,1H3,(H,20,22). The predicted octanol–water partition coefficient (Wildman–Crippen LogP) is 3.24. The lowest BCUT2D eigenvalue weighted by Crippen LogP contribution is -2.21. The Bertz CT molecular complexity index is 804. The summed E-state index contributed by atoms with van der Waals surface area (Å²) in [5, 5.41) is 13.3. The smallest absolute Gasteiger partial charge is 0.306 e. The van der Waals surface area contributed by atoms with E-state index in [-0.39, 0.29) is 17.8 Å². The van der Waals surface area contributed by atoms with Crippen molar-refractivity contribution in [1.82, 2.24) is 0 Å². The van der Waals surface area contributed by atoms with E-state index < -0.39 is 23.4 Å². The minimum atomic E-state index is -0.645. The molecule has 0 heterocycles. The number of benzene rings is 2. The summed E-state index contributed by atoms with van der Waals surface area (Å²) >= 11 is 0. The fraction of sp³-hybridized carbons (Fsp3) is 0.263. The summed E-state index contributed by atoms with van der Waals surface area (Å²) in [4.78, 5) is 33.8. The molecule has 142 valence electrons. The van der Waals surface area contributed by atoms with Gasteiger partial charge in [-0.05, 0) is 31.5 Å². The van der Waals surface area contributed by atoms with Gasteiger partial charge in [-0.15, -0.1) is 0 Å². The summed E-state index contributed by atoms with van der Waals surface area (Å²) in [5.74, 6) is -0.466. The topological polar surface area (TPSA) is 108 Å². The van der Waals surface area contributed by atoms with E-state index in [1.54, 1.807) is 6.07 Å². The molecule has 0 aliphatic carbocycles. The number of aryl methyl sites for hydroxylation is 1. The molecule has 0 saturated carbocycles. The molecule has 27 heavy (non-hydrogen) atoms. The van der Waals surface area contributed by atoms with Crippen LogP contribution in [0.25, 0.3) is 0 Å². The number of para-hydroxylation sites is 2. The van der Waals surface area contributed by atoms with E-state index in [4.69, 9.17) is 9.47 Å². The van der Waals surface area contributed by atoms with Crippen LogP contribution in [0, 0.1) is 17.0 Å². The van der Waals surface area contributed by atoms with E-state index in [0.717, 1.165) is 11.3 Å². The number of nitro benzene ring substituents is 1. The van der Waals surface area contributed by atoms with Crippen LogP contribution in [0.3, 0.4) is 0 Å². The van der Waals surface area contributed by atoms with Crippen molar-refractivity contribution in [3.05, 3.63) is 64.2 Å². The van der Waals surface area contributed by atoms with E-state index in [9.17, 15) is 19.7 Å². The Labute approximate surface area is 156 Å². The van der Waals surface area contributed by atoms with E-state index in [1.165, 1.54) is 18.2 Å². The average molecular weight is 372 g/mol. The van der Waals surface area contributed by atoms with Crippen molar-refractivity contribution in [2.75, 3.05) is 18.5 Å². The lowest BCUT2D eigenvalue weighted by atomic mass is 10.2. The number of nitro groups is 1. The number of esters is 1. The average Bonchev–Trinajstić information content (AvgIpc) is 2.65. The van der Waals surface area contributed by atoms with Crippen LogP contribution < -0.4 is 10.1 Å². The Balaban J connectivity index is 1.67. The maximum absolute atomic E-state index is 11.8. The molecule has 0 aliphatic rings. The van der Waals surface area contributed by atoms with Crippen LogP contribution in [0.15, 0.2) is 48.5 Å². The maximum atomic E-state index is 11.8. The molecule has 0 bridgehead atoms. The number of nitrogens with one attached hydrogen (secondary N) is 1. The largest absolute Gasteiger partial charge is 0.494 e. The van der Waals surface area contributed by atoms with Gasteiger partial charge in [0.25, 0.3) is 11.6 Å². The molecular formula is C19H20N2O6. The number of carbonyl (C=O) groups is 2. The van der Waals surface area contributed by atoms with Gasteiger partial charge in [0.15, 0.2) is 6.61 Å². The van der Waals surface area contributed by atoms with Gasteiger partial charge in [0.05, 0.1) is 11.5 Å². The minimum Gasteiger partial charge on any atom is -0.494 e. The third-order valence-electron chi connectivity index (χ3n) is 3.55. The SMILES string of the molecule is Cc1ccc(OCCCC(=O)OCC(=O)Nc2ccccc2[N+](=O)[O-])cc1. The van der Waals surface area contributed by atoms with Crippen LogP contribution in [-0.2, 0) is 14.3 Å². The number of amides is 1. The summed E-state index contributed by atoms with van der Waals surface area (Å²) in [6, 6.07) is 13.3. The molecule has 8 nitrogen and oxygen atoms in total. The van der Waals surface area contributed by atoms with Crippen LogP contribution in [0.1, 0.15) is 18.4 Å². The molecule has 0 unspecified atom stereocenters. The van der Waals surface area contributed by atoms with Crippen molar-refractivity contribution in [3.63, 3.8) is 0 Å². The first kappa shape index (κ1) is 19.9. The highest BCUT2D eigenvalue weighted by molar-refractivity contribution is 5.94. The molecular weight excluding hydrogens is 352 g/mol. The first-order valence-electron chi connectivity index (χ1n) is 8.34. The number of hydrogen-bond acceptors (Lipinski definition) is 6. The molecule has 2 rings (SSSR count). The van der Waals surface area contributed by atoms with Crippen molar-refractivity contribution in [1.29, 1.82) is 0 Å². The zero-order valence-electron chi connectivity index (χ0n) is 14.8. The molecule has 2 aromatic rings. The van der Waals surface area contributed by atoms with E-state index in [1.807, 2.05) is 31.2 Å². The lowest BCUT2D eigenvalue weighted by Gasteiger charge is -2.08. The minimum absolute atomic E-state index is 0.0510. The summed E-state index contributed by atoms with van der Waals surface area (Å²) in [6.07, 6.45) is 0.545. The van der Waals surface area contributed by atoms with Gasteiger partial charge < -0.3 is 14.8 Å². The van der Waals surface area contributed by atoms with E-state index in [0.29, 0.717) is 13.0 Å². The van der Waals surface area contributed by atoms with Crippen molar-refractivity contribution in [3.8, 4) is 5.75 Å². The Kier molecular flexibility index (Phi) is 7.30. The van der Waals surface area contributed by atoms with Crippen molar-refractivity contribution < 1.29 is 24.0 Å². The van der Waals surface area contributed by atoms with E-state index in [2.05, 4.69) is 5.32 Å². The quantitative estimate of drug-likeness (QED) is 0.313. The number of nitrogens with zero attached hydrogens (tertiary/aromatic N) is 1. The summed E-state index contributed by atoms with van der Waals surface area (Å²) in [6.45, 7) is 1.82. The normalized spacial score (nSPS) is 10.1. The summed E-state index contributed by atoms with van der Waals surface area (Å²) < 4.78 is 10.4. The summed E-state index contributed by atoms with van der Waals surface area (Å²) in [7, 11) is 0. The van der Waals surface area contributed by atoms with Gasteiger partial charge in [0.2, 0.25) is 0 Å². The fourth-order valence-corrected chi connectivity index (χ4v) is 2.18. The molecule has 2 aromatic carbocycles. The van der Waals surface area contributed by atoms with Gasteiger partial charge in [-0.25, -0.2) is 0 Å². The second-order valence-corrected chi connectivity index (χ2v) is 5.75. The Hall–Kier alpha value is -3.42. The zero-order chi connectivity index (χ0) is 19.6. The van der Waals surface area contributed by atoms with Crippen molar-refractivity contribution in [2.45, 2.75) is 19.8 Å². The third-order valence-corrected chi connectivity index (χ3v) is 3.55. The summed E-state index contributed by atoms with van der Waals surface area (Å²) in [5.41, 5.74) is 0.950. The first-order valence-corrected chi connectivity index (χ1v) is 8.34. The number of hydrogen-bond donors (Lipinski definition) is 1. The molecule has 0 atom stereocenters. The second kappa shape index (κ2) is 9.91. The molecule has 0 saturated heterocycles. The van der Waals surface area contributed by atoms with Crippen molar-refractivity contribution >= 4 is 23.3 Å². The van der Waals surface area contributed by atoms with Gasteiger partial charge in [0.1, 0.15) is 11.4 Å². The molecule has 0 spiro atoms. The van der Waals surface area contributed by atoms with Crippen LogP contribution in [-0.4, -0.2) is 30.0 Å². The highest BCUT2D eigenvalue weighted by Crippen LogP contribution is 2.22. The van der Waals surface area contributed by atoms with Crippen molar-refractivity contribution in [2.24, 2.45) is 0 Å². The number of rotatable bonds is 9. The number of ether oxygens (including phenoxy) is 2. The maximum Gasteiger partial charge on any atom is 0.306 e. The number of anilines is 1. The highest BCUT2D eigenvalue weighted by Gasteiger charge is 2.15. The Morgan fingerprint density at radius 3 is 2.52 bits per heavy atom. The zero-order valence-corrected chi connectivity index (χ0v) is 14.8. The Morgan fingerprint density at radius 1 is 1.11 bits per heavy atom. The molecule has 0 fully saturated rings. The molecule has 8 heteroatoms. The van der Waals surface area contributed by atoms with Gasteiger partial charge in [-0.3, -0.25) is 19.7 Å². The van der Waals surface area contributed by atoms with Gasteiger partial charge in [-0.1, -0.05) is 29.8 Å². The predicted molar refractivity (Wildman–Crippen MR) is 98.6 cm³/mol. The van der Waals surface area contributed by atoms with Gasteiger partial charge >= 0.3 is 5.97 Å². The molecule has 0 aliphatic heterocycles. The van der Waals surface area contributed by atoms with Crippen LogP contribution in [0.2, 0.25) is 0 Å². The van der Waals surface area contributed by atoms with Crippen LogP contribution in [0.4, 0.5) is 11.4 Å². The number of carbonyl (C=O) groups excluding carboxylic acids is 2. The second-order valence-electron chi connectivity index (χ2n) is 5.75. The third kappa shape index (κ3) is 6.77. The lowest BCUT2D eigenvalue weighted by molar-refractivity contribution is -0.383. The van der Waals surface area contributed by atoms with Gasteiger partial charge in [0, 0.05) is 12.5 Å². The van der Waals surface area contributed by atoms with E-state index >= 15 is 0 Å².